The highest BCUT2D eigenvalue weighted by molar-refractivity contribution is 4.96. The molecule has 0 aromatic carbocycles. The third kappa shape index (κ3) is 4.69. The maximum Gasteiger partial charge on any atom is 0.402 e. The Morgan fingerprint density at radius 1 is 1.20 bits per heavy atom. The lowest BCUT2D eigenvalue weighted by molar-refractivity contribution is -0.291. The molecule has 0 aliphatic rings. The molecule has 9 heteroatoms. The van der Waals surface area contributed by atoms with Crippen molar-refractivity contribution < 1.29 is 26.3 Å². The second-order valence-corrected chi connectivity index (χ2v) is 4.36. The van der Waals surface area contributed by atoms with Gasteiger partial charge in [-0.1, -0.05) is 6.92 Å². The minimum atomic E-state index is -5.36. The smallest absolute Gasteiger partial charge is 0.349 e. The summed E-state index contributed by atoms with van der Waals surface area (Å²) in [7, 11) is 0. The molecule has 1 atom stereocenters. The van der Waals surface area contributed by atoms with Gasteiger partial charge in [0.05, 0.1) is 0 Å². The van der Waals surface area contributed by atoms with Crippen LogP contribution in [0, 0.1) is 5.92 Å². The molecule has 0 spiro atoms. The van der Waals surface area contributed by atoms with Crippen LogP contribution in [0.1, 0.15) is 19.2 Å². The van der Waals surface area contributed by atoms with Crippen molar-refractivity contribution in [3.05, 3.63) is 18.2 Å². The summed E-state index contributed by atoms with van der Waals surface area (Å²) in [5, 5.41) is 2.32. The third-order valence-corrected chi connectivity index (χ3v) is 2.73. The zero-order valence-electron chi connectivity index (χ0n) is 10.6. The molecule has 0 bridgehead atoms. The predicted octanol–water partition coefficient (Wildman–Crippen LogP) is 3.06. The highest BCUT2D eigenvalue weighted by Gasteiger charge is 2.60. The van der Waals surface area contributed by atoms with Crippen molar-refractivity contribution in [1.82, 2.24) is 15.3 Å². The zero-order valence-corrected chi connectivity index (χ0v) is 10.6. The second kappa shape index (κ2) is 6.47. The molecule has 0 aliphatic heterocycles. The first-order valence-electron chi connectivity index (χ1n) is 6.01. The Balaban J connectivity index is 2.98. The summed E-state index contributed by atoms with van der Waals surface area (Å²) in [5.41, 5.74) is 0. The highest BCUT2D eigenvalue weighted by atomic mass is 19.4. The first-order valence-corrected chi connectivity index (χ1v) is 6.01. The topological polar surface area (TPSA) is 40.7 Å². The van der Waals surface area contributed by atoms with Crippen molar-refractivity contribution in [2.24, 2.45) is 5.92 Å². The van der Waals surface area contributed by atoms with Gasteiger partial charge in [-0.25, -0.2) is 4.98 Å². The van der Waals surface area contributed by atoms with Gasteiger partial charge in [-0.3, -0.25) is 0 Å². The molecule has 0 radical (unpaired) electrons. The number of imidazole rings is 1. The maximum atomic E-state index is 12.7. The number of rotatable bonds is 6. The first-order chi connectivity index (χ1) is 9.16. The van der Waals surface area contributed by atoms with Crippen LogP contribution in [-0.2, 0) is 6.42 Å². The van der Waals surface area contributed by atoms with Crippen LogP contribution in [0.5, 0.6) is 0 Å². The van der Waals surface area contributed by atoms with Crippen molar-refractivity contribution in [3.63, 3.8) is 0 Å². The van der Waals surface area contributed by atoms with Crippen LogP contribution in [0.3, 0.4) is 0 Å². The monoisotopic (exact) mass is 303 g/mol. The Kier molecular flexibility index (Phi) is 5.43. The fourth-order valence-electron chi connectivity index (χ4n) is 1.90. The molecule has 2 N–H and O–H groups in total. The highest BCUT2D eigenvalue weighted by Crippen LogP contribution is 2.42. The first kappa shape index (κ1) is 16.8. The van der Waals surface area contributed by atoms with Gasteiger partial charge >= 0.3 is 12.4 Å². The van der Waals surface area contributed by atoms with Crippen LogP contribution in [-0.4, -0.2) is 34.9 Å². The Morgan fingerprint density at radius 3 is 2.20 bits per heavy atom. The Labute approximate surface area is 111 Å². The van der Waals surface area contributed by atoms with Gasteiger partial charge < -0.3 is 10.3 Å². The lowest BCUT2D eigenvalue weighted by Gasteiger charge is -2.31. The van der Waals surface area contributed by atoms with Gasteiger partial charge in [0.25, 0.3) is 0 Å². The van der Waals surface area contributed by atoms with Crippen LogP contribution < -0.4 is 5.32 Å². The fraction of sp³-hybridized carbons (Fsp3) is 0.727. The van der Waals surface area contributed by atoms with E-state index in [1.165, 1.54) is 12.4 Å². The van der Waals surface area contributed by atoms with Crippen LogP contribution in [0.25, 0.3) is 0 Å². The summed E-state index contributed by atoms with van der Waals surface area (Å²) < 4.78 is 76.4. The van der Waals surface area contributed by atoms with Gasteiger partial charge in [0, 0.05) is 24.9 Å². The molecule has 0 amide bonds. The number of aromatic amines is 1. The van der Waals surface area contributed by atoms with E-state index in [0.29, 0.717) is 6.42 Å². The van der Waals surface area contributed by atoms with E-state index >= 15 is 0 Å². The molecule has 1 heterocycles. The summed E-state index contributed by atoms with van der Waals surface area (Å²) >= 11 is 0. The maximum absolute atomic E-state index is 12.7. The van der Waals surface area contributed by atoms with Crippen molar-refractivity contribution in [2.75, 3.05) is 6.54 Å². The average Bonchev–Trinajstić information content (AvgIpc) is 2.74. The van der Waals surface area contributed by atoms with Gasteiger partial charge in [-0.15, -0.1) is 0 Å². The van der Waals surface area contributed by atoms with E-state index in [1.807, 2.05) is 0 Å². The number of alkyl halides is 6. The van der Waals surface area contributed by atoms with Gasteiger partial charge in [0.1, 0.15) is 5.82 Å². The van der Waals surface area contributed by atoms with Gasteiger partial charge in [-0.2, -0.15) is 26.3 Å². The number of hydrogen-bond acceptors (Lipinski definition) is 2. The van der Waals surface area contributed by atoms with Gasteiger partial charge in [0.15, 0.2) is 5.92 Å². The molecule has 1 rings (SSSR count). The van der Waals surface area contributed by atoms with Crippen molar-refractivity contribution in [3.8, 4) is 0 Å². The SMILES string of the molecule is CCCNC(Cc1ncc[nH]1)C(C(F)(F)F)C(F)(F)F. The molecular formula is C11H15F6N3. The Hall–Kier alpha value is -1.25. The van der Waals surface area contributed by atoms with Crippen molar-refractivity contribution in [1.29, 1.82) is 0 Å². The van der Waals surface area contributed by atoms with Gasteiger partial charge in [-0.05, 0) is 13.0 Å². The lowest BCUT2D eigenvalue weighted by Crippen LogP contribution is -2.52. The van der Waals surface area contributed by atoms with E-state index in [-0.39, 0.29) is 12.4 Å². The molecule has 0 saturated carbocycles. The second-order valence-electron chi connectivity index (χ2n) is 4.36. The molecular weight excluding hydrogens is 288 g/mol. The van der Waals surface area contributed by atoms with E-state index in [2.05, 4.69) is 15.3 Å². The summed E-state index contributed by atoms with van der Waals surface area (Å²) in [4.78, 5) is 6.20. The minimum absolute atomic E-state index is 0.0635. The van der Waals surface area contributed by atoms with Crippen LogP contribution in [0.4, 0.5) is 26.3 Å². The van der Waals surface area contributed by atoms with E-state index in [0.717, 1.165) is 0 Å². The predicted molar refractivity (Wildman–Crippen MR) is 60.0 cm³/mol. The summed E-state index contributed by atoms with van der Waals surface area (Å²) in [5.74, 6) is -3.34. The normalized spacial score (nSPS) is 14.8. The molecule has 3 nitrogen and oxygen atoms in total. The van der Waals surface area contributed by atoms with E-state index in [9.17, 15) is 26.3 Å². The van der Waals surface area contributed by atoms with E-state index in [1.54, 1.807) is 6.92 Å². The number of nitrogens with zero attached hydrogens (tertiary/aromatic N) is 1. The van der Waals surface area contributed by atoms with Crippen molar-refractivity contribution in [2.45, 2.75) is 38.2 Å². The number of hydrogen-bond donors (Lipinski definition) is 2. The molecule has 1 aromatic heterocycles. The van der Waals surface area contributed by atoms with Crippen LogP contribution in [0.15, 0.2) is 12.4 Å². The van der Waals surface area contributed by atoms with Crippen molar-refractivity contribution >= 4 is 0 Å². The van der Waals surface area contributed by atoms with Gasteiger partial charge in [0.2, 0.25) is 0 Å². The number of H-pyrrole nitrogens is 1. The molecule has 1 unspecified atom stereocenters. The summed E-state index contributed by atoms with van der Waals surface area (Å²) in [6.07, 6.45) is -8.15. The number of nitrogens with one attached hydrogen (secondary N) is 2. The zero-order chi connectivity index (χ0) is 15.4. The largest absolute Gasteiger partial charge is 0.402 e. The number of aromatic nitrogens is 2. The Bertz CT molecular complexity index is 370. The minimum Gasteiger partial charge on any atom is -0.349 e. The number of halogens is 6. The molecule has 0 fully saturated rings. The molecule has 1 aromatic rings. The van der Waals surface area contributed by atoms with Crippen LogP contribution in [0.2, 0.25) is 0 Å². The quantitative estimate of drug-likeness (QED) is 0.793. The average molecular weight is 303 g/mol. The molecule has 116 valence electrons. The molecule has 20 heavy (non-hydrogen) atoms. The standard InChI is InChI=1S/C11H15F6N3/c1-2-3-18-7(6-8-19-4-5-20-8)9(10(12,13)14)11(15,16)17/h4-5,7,9,18H,2-3,6H2,1H3,(H,19,20). The van der Waals surface area contributed by atoms with E-state index in [4.69, 9.17) is 0 Å². The molecule has 0 aliphatic carbocycles. The molecule has 0 saturated heterocycles. The fourth-order valence-corrected chi connectivity index (χ4v) is 1.90. The Morgan fingerprint density at radius 2 is 1.80 bits per heavy atom. The summed E-state index contributed by atoms with van der Waals surface area (Å²) in [6.45, 7) is 1.72. The third-order valence-electron chi connectivity index (χ3n) is 2.73. The lowest BCUT2D eigenvalue weighted by atomic mass is 9.95. The summed E-state index contributed by atoms with van der Waals surface area (Å²) in [6, 6.07) is -1.80. The van der Waals surface area contributed by atoms with Crippen LogP contribution >= 0.6 is 0 Å². The van der Waals surface area contributed by atoms with E-state index < -0.39 is 30.7 Å².